The van der Waals surface area contributed by atoms with Crippen LogP contribution in [0, 0.1) is 0 Å². The van der Waals surface area contributed by atoms with Crippen LogP contribution in [0.3, 0.4) is 0 Å². The van der Waals surface area contributed by atoms with E-state index in [4.69, 9.17) is 34.8 Å². The Morgan fingerprint density at radius 1 is 1.17 bits per heavy atom. The minimum absolute atomic E-state index is 0.414. The van der Waals surface area contributed by atoms with E-state index < -0.39 is 0 Å². The lowest BCUT2D eigenvalue weighted by Gasteiger charge is -1.95. The van der Waals surface area contributed by atoms with Gasteiger partial charge in [0.05, 0.1) is 20.9 Å². The van der Waals surface area contributed by atoms with Crippen LogP contribution in [0.1, 0.15) is 0 Å². The predicted octanol–water partition coefficient (Wildman–Crippen LogP) is 3.52. The van der Waals surface area contributed by atoms with Crippen LogP contribution < -0.4 is 0 Å². The molecule has 2 aromatic rings. The molecule has 12 heavy (non-hydrogen) atoms. The van der Waals surface area contributed by atoms with E-state index in [1.165, 1.54) is 0 Å². The summed E-state index contributed by atoms with van der Waals surface area (Å²) in [4.78, 5) is 0. The third-order valence-electron chi connectivity index (χ3n) is 1.57. The Balaban J connectivity index is 2.96. The number of halogens is 3. The molecule has 1 heterocycles. The zero-order valence-corrected chi connectivity index (χ0v) is 8.00. The van der Waals surface area contributed by atoms with Crippen molar-refractivity contribution in [2.75, 3.05) is 0 Å². The standard InChI is InChI=1S/C7H3Cl3N2/c8-3-1-2-4-5(6(3)9)7(10)12-11-4/h1-2H,(H,11,12). The number of rotatable bonds is 0. The number of nitrogens with zero attached hydrogens (tertiary/aromatic N) is 1. The normalized spacial score (nSPS) is 10.9. The molecular weight excluding hydrogens is 218 g/mol. The minimum Gasteiger partial charge on any atom is -0.266 e. The average Bonchev–Trinajstić information content (AvgIpc) is 2.41. The van der Waals surface area contributed by atoms with E-state index in [2.05, 4.69) is 10.2 Å². The van der Waals surface area contributed by atoms with Gasteiger partial charge < -0.3 is 0 Å². The number of H-pyrrole nitrogens is 1. The molecule has 0 unspecified atom stereocenters. The predicted molar refractivity (Wildman–Crippen MR) is 51.1 cm³/mol. The SMILES string of the molecule is Clc1ccc2n[nH]c(Cl)c2c1Cl. The van der Waals surface area contributed by atoms with E-state index >= 15 is 0 Å². The molecule has 0 fully saturated rings. The molecule has 5 heteroatoms. The molecule has 0 atom stereocenters. The maximum Gasteiger partial charge on any atom is 0.133 e. The molecule has 1 N–H and O–H groups in total. The summed E-state index contributed by atoms with van der Waals surface area (Å²) >= 11 is 17.5. The molecule has 0 aliphatic rings. The lowest BCUT2D eigenvalue weighted by molar-refractivity contribution is 1.12. The first kappa shape index (κ1) is 8.17. The van der Waals surface area contributed by atoms with Crippen LogP contribution in [0.5, 0.6) is 0 Å². The van der Waals surface area contributed by atoms with Crippen molar-refractivity contribution in [1.29, 1.82) is 0 Å². The van der Waals surface area contributed by atoms with Gasteiger partial charge in [0.2, 0.25) is 0 Å². The number of fused-ring (bicyclic) bond motifs is 1. The van der Waals surface area contributed by atoms with Gasteiger partial charge >= 0.3 is 0 Å². The van der Waals surface area contributed by atoms with E-state index in [0.717, 1.165) is 5.52 Å². The van der Waals surface area contributed by atoms with Crippen molar-refractivity contribution in [2.24, 2.45) is 0 Å². The Bertz CT molecular complexity index is 435. The van der Waals surface area contributed by atoms with E-state index in [9.17, 15) is 0 Å². The van der Waals surface area contributed by atoms with Gasteiger partial charge in [-0.1, -0.05) is 34.8 Å². The Morgan fingerprint density at radius 2 is 1.92 bits per heavy atom. The van der Waals surface area contributed by atoms with Crippen molar-refractivity contribution in [3.05, 3.63) is 27.3 Å². The van der Waals surface area contributed by atoms with Crippen molar-refractivity contribution in [2.45, 2.75) is 0 Å². The van der Waals surface area contributed by atoms with Gasteiger partial charge in [0.1, 0.15) is 5.15 Å². The maximum absolute atomic E-state index is 5.90. The van der Waals surface area contributed by atoms with E-state index in [1.54, 1.807) is 12.1 Å². The highest BCUT2D eigenvalue weighted by atomic mass is 35.5. The molecule has 2 rings (SSSR count). The number of hydrogen-bond donors (Lipinski definition) is 1. The summed E-state index contributed by atoms with van der Waals surface area (Å²) in [5, 5.41) is 8.54. The third-order valence-corrected chi connectivity index (χ3v) is 2.64. The maximum atomic E-state index is 5.90. The van der Waals surface area contributed by atoms with Gasteiger partial charge in [-0.2, -0.15) is 5.10 Å². The molecular formula is C7H3Cl3N2. The number of aromatic nitrogens is 2. The summed E-state index contributed by atoms with van der Waals surface area (Å²) in [6.07, 6.45) is 0. The van der Waals surface area contributed by atoms with Gasteiger partial charge in [-0.25, -0.2) is 0 Å². The highest BCUT2D eigenvalue weighted by Gasteiger charge is 2.09. The number of aromatic amines is 1. The van der Waals surface area contributed by atoms with Gasteiger partial charge in [0.25, 0.3) is 0 Å². The highest BCUT2D eigenvalue weighted by molar-refractivity contribution is 6.47. The average molecular weight is 221 g/mol. The summed E-state index contributed by atoms with van der Waals surface area (Å²) in [5.74, 6) is 0. The molecule has 0 amide bonds. The van der Waals surface area contributed by atoms with Crippen LogP contribution >= 0.6 is 34.8 Å². The molecule has 0 saturated heterocycles. The Labute approximate surface area is 83.4 Å². The van der Waals surface area contributed by atoms with Crippen LogP contribution in [0.15, 0.2) is 12.1 Å². The number of hydrogen-bond acceptors (Lipinski definition) is 1. The molecule has 62 valence electrons. The van der Waals surface area contributed by atoms with E-state index in [0.29, 0.717) is 20.6 Å². The summed E-state index contributed by atoms with van der Waals surface area (Å²) in [6.45, 7) is 0. The second kappa shape index (κ2) is 2.80. The number of nitrogens with one attached hydrogen (secondary N) is 1. The Hall–Kier alpha value is -0.440. The topological polar surface area (TPSA) is 28.7 Å². The molecule has 0 bridgehead atoms. The molecule has 1 aromatic carbocycles. The van der Waals surface area contributed by atoms with Crippen molar-refractivity contribution in [3.63, 3.8) is 0 Å². The van der Waals surface area contributed by atoms with E-state index in [1.807, 2.05) is 0 Å². The molecule has 0 aliphatic carbocycles. The molecule has 0 aliphatic heterocycles. The fourth-order valence-corrected chi connectivity index (χ4v) is 1.70. The van der Waals surface area contributed by atoms with Gasteiger partial charge in [0, 0.05) is 0 Å². The Morgan fingerprint density at radius 3 is 2.67 bits per heavy atom. The lowest BCUT2D eigenvalue weighted by Crippen LogP contribution is -1.71. The zero-order valence-electron chi connectivity index (χ0n) is 5.74. The molecule has 1 aromatic heterocycles. The molecule has 0 radical (unpaired) electrons. The number of benzene rings is 1. The van der Waals surface area contributed by atoms with Crippen LogP contribution in [0.4, 0.5) is 0 Å². The molecule has 0 spiro atoms. The minimum atomic E-state index is 0.414. The molecule has 0 saturated carbocycles. The van der Waals surface area contributed by atoms with Crippen LogP contribution in [-0.2, 0) is 0 Å². The smallest absolute Gasteiger partial charge is 0.133 e. The van der Waals surface area contributed by atoms with Gasteiger partial charge in [-0.3, -0.25) is 5.10 Å². The van der Waals surface area contributed by atoms with Gasteiger partial charge in [0.15, 0.2) is 0 Å². The summed E-state index contributed by atoms with van der Waals surface area (Å²) in [5.41, 5.74) is 0.717. The zero-order chi connectivity index (χ0) is 8.72. The monoisotopic (exact) mass is 220 g/mol. The Kier molecular flexibility index (Phi) is 1.91. The summed E-state index contributed by atoms with van der Waals surface area (Å²) in [6, 6.07) is 3.44. The first-order chi connectivity index (χ1) is 5.70. The molecule has 2 nitrogen and oxygen atoms in total. The van der Waals surface area contributed by atoms with Crippen LogP contribution in [0.25, 0.3) is 10.9 Å². The van der Waals surface area contributed by atoms with Crippen molar-refractivity contribution >= 4 is 45.7 Å². The fourth-order valence-electron chi connectivity index (χ4n) is 1.01. The van der Waals surface area contributed by atoms with Crippen LogP contribution in [0.2, 0.25) is 15.2 Å². The largest absolute Gasteiger partial charge is 0.266 e. The quantitative estimate of drug-likeness (QED) is 0.724. The fraction of sp³-hybridized carbons (Fsp3) is 0. The van der Waals surface area contributed by atoms with Crippen molar-refractivity contribution in [3.8, 4) is 0 Å². The first-order valence-corrected chi connectivity index (χ1v) is 4.31. The van der Waals surface area contributed by atoms with Crippen molar-refractivity contribution in [1.82, 2.24) is 10.2 Å². The van der Waals surface area contributed by atoms with E-state index in [-0.39, 0.29) is 0 Å². The van der Waals surface area contributed by atoms with Gasteiger partial charge in [-0.05, 0) is 12.1 Å². The second-order valence-electron chi connectivity index (χ2n) is 2.29. The summed E-state index contributed by atoms with van der Waals surface area (Å²) < 4.78 is 0. The lowest BCUT2D eigenvalue weighted by atomic mass is 10.2. The first-order valence-electron chi connectivity index (χ1n) is 3.17. The van der Waals surface area contributed by atoms with Gasteiger partial charge in [-0.15, -0.1) is 0 Å². The summed E-state index contributed by atoms with van der Waals surface area (Å²) in [7, 11) is 0. The third kappa shape index (κ3) is 1.07. The highest BCUT2D eigenvalue weighted by Crippen LogP contribution is 2.33. The second-order valence-corrected chi connectivity index (χ2v) is 3.46. The van der Waals surface area contributed by atoms with Crippen LogP contribution in [-0.4, -0.2) is 10.2 Å². The van der Waals surface area contributed by atoms with Crippen molar-refractivity contribution < 1.29 is 0 Å².